The van der Waals surface area contributed by atoms with Gasteiger partial charge in [0, 0.05) is 43.0 Å². The number of hydrogen-bond donors (Lipinski definition) is 0. The lowest BCUT2D eigenvalue weighted by Gasteiger charge is -2.30. The van der Waals surface area contributed by atoms with Crippen molar-refractivity contribution in [2.24, 2.45) is 5.92 Å². The third kappa shape index (κ3) is 5.92. The summed E-state index contributed by atoms with van der Waals surface area (Å²) in [6.07, 6.45) is 7.52. The van der Waals surface area contributed by atoms with Crippen LogP contribution in [-0.2, 0) is 11.4 Å². The van der Waals surface area contributed by atoms with Crippen molar-refractivity contribution in [3.05, 3.63) is 101 Å². The van der Waals surface area contributed by atoms with Crippen LogP contribution >= 0.6 is 0 Å². The summed E-state index contributed by atoms with van der Waals surface area (Å²) in [4.78, 5) is 30.8. The van der Waals surface area contributed by atoms with Gasteiger partial charge in [-0.3, -0.25) is 14.6 Å². The number of piperidine rings is 1. The van der Waals surface area contributed by atoms with Crippen LogP contribution < -0.4 is 4.74 Å². The first-order valence-electron chi connectivity index (χ1n) is 11.1. The molecule has 4 rings (SSSR count). The highest BCUT2D eigenvalue weighted by molar-refractivity contribution is 5.98. The molecule has 174 valence electrons. The molecule has 1 fully saturated rings. The first kappa shape index (κ1) is 23.3. The molecule has 5 nitrogen and oxygen atoms in total. The summed E-state index contributed by atoms with van der Waals surface area (Å²) in [6.45, 7) is 1.20. The van der Waals surface area contributed by atoms with Crippen molar-refractivity contribution < 1.29 is 23.1 Å². The Morgan fingerprint density at radius 3 is 2.53 bits per heavy atom. The van der Waals surface area contributed by atoms with E-state index in [9.17, 15) is 18.4 Å². The number of rotatable bonds is 7. The molecule has 0 spiro atoms. The van der Waals surface area contributed by atoms with Crippen molar-refractivity contribution >= 4 is 17.8 Å². The maximum Gasteiger partial charge on any atom is 0.246 e. The van der Waals surface area contributed by atoms with Crippen LogP contribution in [0.15, 0.2) is 73.1 Å². The van der Waals surface area contributed by atoms with E-state index in [0.717, 1.165) is 29.3 Å². The highest BCUT2D eigenvalue weighted by atomic mass is 19.1. The second-order valence-corrected chi connectivity index (χ2v) is 8.14. The summed E-state index contributed by atoms with van der Waals surface area (Å²) in [5, 5.41) is 0. The van der Waals surface area contributed by atoms with E-state index < -0.39 is 23.3 Å². The van der Waals surface area contributed by atoms with Crippen LogP contribution in [0.25, 0.3) is 6.08 Å². The van der Waals surface area contributed by atoms with Crippen LogP contribution in [0, 0.1) is 17.6 Å². The fourth-order valence-electron chi connectivity index (χ4n) is 3.87. The molecule has 7 heteroatoms. The van der Waals surface area contributed by atoms with Gasteiger partial charge in [0.1, 0.15) is 24.0 Å². The molecule has 2 heterocycles. The molecular weight excluding hydrogens is 438 g/mol. The number of ketones is 1. The zero-order valence-corrected chi connectivity index (χ0v) is 18.5. The van der Waals surface area contributed by atoms with Crippen molar-refractivity contribution in [2.45, 2.75) is 19.4 Å². The summed E-state index contributed by atoms with van der Waals surface area (Å²) >= 11 is 0. The van der Waals surface area contributed by atoms with Gasteiger partial charge in [-0.05, 0) is 60.9 Å². The largest absolute Gasteiger partial charge is 0.489 e. The standard InChI is InChI=1S/C27H24F2N2O3/c28-22-6-9-25(29)24(16-22)27(33)21-11-14-31(15-12-21)26(32)10-5-19-3-7-23(8-4-19)34-18-20-2-1-13-30-17-20/h1-10,13,16-17,21H,11-12,14-15,18H2/b10-5+. The molecule has 0 aliphatic carbocycles. The smallest absolute Gasteiger partial charge is 0.246 e. The summed E-state index contributed by atoms with van der Waals surface area (Å²) in [5.74, 6) is -1.64. The summed E-state index contributed by atoms with van der Waals surface area (Å²) in [7, 11) is 0. The Hall–Kier alpha value is -3.87. The van der Waals surface area contributed by atoms with Crippen molar-refractivity contribution in [2.75, 3.05) is 13.1 Å². The molecule has 0 N–H and O–H groups in total. The van der Waals surface area contributed by atoms with Gasteiger partial charge in [0.15, 0.2) is 5.78 Å². The van der Waals surface area contributed by atoms with Gasteiger partial charge in [-0.25, -0.2) is 8.78 Å². The third-order valence-electron chi connectivity index (χ3n) is 5.80. The number of ether oxygens (including phenoxy) is 1. The second-order valence-electron chi connectivity index (χ2n) is 8.14. The zero-order chi connectivity index (χ0) is 23.9. The van der Waals surface area contributed by atoms with E-state index in [0.29, 0.717) is 38.3 Å². The van der Waals surface area contributed by atoms with E-state index in [4.69, 9.17) is 4.74 Å². The Labute approximate surface area is 196 Å². The molecule has 34 heavy (non-hydrogen) atoms. The molecular formula is C27H24F2N2O3. The van der Waals surface area contributed by atoms with Crippen molar-refractivity contribution in [1.29, 1.82) is 0 Å². The number of carbonyl (C=O) groups is 2. The highest BCUT2D eigenvalue weighted by Crippen LogP contribution is 2.24. The van der Waals surface area contributed by atoms with E-state index in [-0.39, 0.29) is 11.5 Å². The number of benzene rings is 2. The quantitative estimate of drug-likeness (QED) is 0.363. The minimum atomic E-state index is -0.721. The predicted octanol–water partition coefficient (Wildman–Crippen LogP) is 5.07. The maximum atomic E-state index is 13.9. The van der Waals surface area contributed by atoms with E-state index >= 15 is 0 Å². The number of Topliss-reactive ketones (excluding diaryl/α,β-unsaturated/α-hetero) is 1. The predicted molar refractivity (Wildman–Crippen MR) is 124 cm³/mol. The van der Waals surface area contributed by atoms with Gasteiger partial charge in [-0.2, -0.15) is 0 Å². The first-order valence-corrected chi connectivity index (χ1v) is 11.1. The molecule has 3 aromatic rings. The van der Waals surface area contributed by atoms with Crippen molar-refractivity contribution in [3.8, 4) is 5.75 Å². The number of aromatic nitrogens is 1. The van der Waals surface area contributed by atoms with Gasteiger partial charge in [0.25, 0.3) is 0 Å². The van der Waals surface area contributed by atoms with Gasteiger partial charge in [0.2, 0.25) is 5.91 Å². The van der Waals surface area contributed by atoms with Crippen LogP contribution in [0.3, 0.4) is 0 Å². The van der Waals surface area contributed by atoms with Crippen molar-refractivity contribution in [3.63, 3.8) is 0 Å². The zero-order valence-electron chi connectivity index (χ0n) is 18.5. The molecule has 1 aliphatic heterocycles. The number of pyridine rings is 1. The summed E-state index contributed by atoms with van der Waals surface area (Å²) in [6, 6.07) is 14.1. The molecule has 1 amide bonds. The van der Waals surface area contributed by atoms with Gasteiger partial charge >= 0.3 is 0 Å². The molecule has 0 saturated carbocycles. The molecule has 0 radical (unpaired) electrons. The molecule has 1 aliphatic rings. The molecule has 1 aromatic heterocycles. The first-order chi connectivity index (χ1) is 16.5. The Bertz CT molecular complexity index is 1170. The number of carbonyl (C=O) groups excluding carboxylic acids is 2. The Morgan fingerprint density at radius 1 is 1.06 bits per heavy atom. The van der Waals surface area contributed by atoms with Gasteiger partial charge in [-0.1, -0.05) is 18.2 Å². The normalized spacial score (nSPS) is 14.4. The van der Waals surface area contributed by atoms with E-state index in [2.05, 4.69) is 4.98 Å². The van der Waals surface area contributed by atoms with Gasteiger partial charge < -0.3 is 9.64 Å². The number of amides is 1. The van der Waals surface area contributed by atoms with Crippen LogP contribution in [0.2, 0.25) is 0 Å². The minimum Gasteiger partial charge on any atom is -0.489 e. The van der Waals surface area contributed by atoms with Gasteiger partial charge in [-0.15, -0.1) is 0 Å². The lowest BCUT2D eigenvalue weighted by atomic mass is 9.88. The molecule has 1 saturated heterocycles. The number of hydrogen-bond acceptors (Lipinski definition) is 4. The van der Waals surface area contributed by atoms with Gasteiger partial charge in [0.05, 0.1) is 5.56 Å². The molecule has 2 aromatic carbocycles. The Morgan fingerprint density at radius 2 is 1.82 bits per heavy atom. The monoisotopic (exact) mass is 462 g/mol. The molecule has 0 bridgehead atoms. The average molecular weight is 462 g/mol. The van der Waals surface area contributed by atoms with Crippen LogP contribution in [0.4, 0.5) is 8.78 Å². The molecule has 0 atom stereocenters. The van der Waals surface area contributed by atoms with Crippen LogP contribution in [0.5, 0.6) is 5.75 Å². The summed E-state index contributed by atoms with van der Waals surface area (Å²) in [5.41, 5.74) is 1.61. The van der Waals surface area contributed by atoms with Crippen LogP contribution in [-0.4, -0.2) is 34.7 Å². The van der Waals surface area contributed by atoms with E-state index in [1.54, 1.807) is 23.4 Å². The average Bonchev–Trinajstić information content (AvgIpc) is 2.88. The third-order valence-corrected chi connectivity index (χ3v) is 5.80. The maximum absolute atomic E-state index is 13.9. The Kier molecular flexibility index (Phi) is 7.42. The SMILES string of the molecule is O=C(c1cc(F)ccc1F)C1CCN(C(=O)/C=C/c2ccc(OCc3cccnc3)cc2)CC1. The number of halogens is 2. The lowest BCUT2D eigenvalue weighted by Crippen LogP contribution is -2.39. The second kappa shape index (κ2) is 10.8. The van der Waals surface area contributed by atoms with Crippen LogP contribution in [0.1, 0.15) is 34.3 Å². The topological polar surface area (TPSA) is 59.5 Å². The van der Waals surface area contributed by atoms with E-state index in [1.807, 2.05) is 36.4 Å². The molecule has 0 unspecified atom stereocenters. The number of nitrogens with zero attached hydrogens (tertiary/aromatic N) is 2. The fraction of sp³-hybridized carbons (Fsp3) is 0.222. The minimum absolute atomic E-state index is 0.153. The highest BCUT2D eigenvalue weighted by Gasteiger charge is 2.28. The lowest BCUT2D eigenvalue weighted by molar-refractivity contribution is -0.127. The summed E-state index contributed by atoms with van der Waals surface area (Å²) < 4.78 is 33.1. The fourth-order valence-corrected chi connectivity index (χ4v) is 3.87. The number of likely N-dealkylation sites (tertiary alicyclic amines) is 1. The van der Waals surface area contributed by atoms with E-state index in [1.165, 1.54) is 6.08 Å². The Balaban J connectivity index is 1.27. The van der Waals surface area contributed by atoms with Crippen molar-refractivity contribution in [1.82, 2.24) is 9.88 Å².